The lowest BCUT2D eigenvalue weighted by Gasteiger charge is -2.31. The Labute approximate surface area is 114 Å². The van der Waals surface area contributed by atoms with Gasteiger partial charge < -0.3 is 19.9 Å². The van der Waals surface area contributed by atoms with Crippen LogP contribution in [0.25, 0.3) is 0 Å². The number of ether oxygens (including phenoxy) is 3. The van der Waals surface area contributed by atoms with Crippen LogP contribution in [-0.4, -0.2) is 18.4 Å². The molecule has 1 aliphatic heterocycles. The summed E-state index contributed by atoms with van der Waals surface area (Å²) in [6.45, 7) is 2.12. The summed E-state index contributed by atoms with van der Waals surface area (Å²) in [7, 11) is 0. The number of esters is 1. The normalized spacial score (nSPS) is 18.8. The summed E-state index contributed by atoms with van der Waals surface area (Å²) in [6.07, 6.45) is 5.17. The molecule has 1 aromatic heterocycles. The van der Waals surface area contributed by atoms with Gasteiger partial charge in [-0.15, -0.1) is 11.3 Å². The average Bonchev–Trinajstić information content (AvgIpc) is 2.94. The molecule has 3 rings (SSSR count). The topological polar surface area (TPSA) is 70.8 Å². The molecule has 0 saturated heterocycles. The minimum atomic E-state index is -0.665. The van der Waals surface area contributed by atoms with Gasteiger partial charge in [0.1, 0.15) is 17.5 Å². The second kappa shape index (κ2) is 4.45. The minimum absolute atomic E-state index is 0.336. The molecule has 0 aromatic carbocycles. The molecule has 0 amide bonds. The van der Waals surface area contributed by atoms with E-state index in [-0.39, 0.29) is 5.97 Å². The fourth-order valence-electron chi connectivity index (χ4n) is 2.54. The van der Waals surface area contributed by atoms with Crippen molar-refractivity contribution in [2.45, 2.75) is 32.0 Å². The van der Waals surface area contributed by atoms with Crippen molar-refractivity contribution < 1.29 is 19.0 Å². The molecule has 1 spiro atoms. The van der Waals surface area contributed by atoms with Gasteiger partial charge in [-0.05, 0) is 18.9 Å². The van der Waals surface area contributed by atoms with Crippen molar-refractivity contribution in [2.75, 3.05) is 12.3 Å². The first-order valence-electron chi connectivity index (χ1n) is 6.23. The molecule has 2 heterocycles. The number of rotatable bonds is 2. The number of anilines is 1. The molecule has 2 aliphatic rings. The number of nitrogen functional groups attached to an aromatic ring is 1. The lowest BCUT2D eigenvalue weighted by Crippen LogP contribution is -2.37. The largest absolute Gasteiger partial charge is 0.462 e. The molecule has 102 valence electrons. The fourth-order valence-corrected chi connectivity index (χ4v) is 3.62. The number of fused-ring (bicyclic) bond motifs is 1. The van der Waals surface area contributed by atoms with E-state index in [1.165, 1.54) is 11.3 Å². The molecule has 2 N–H and O–H groups in total. The monoisotopic (exact) mass is 281 g/mol. The molecule has 6 heteroatoms. The van der Waals surface area contributed by atoms with Crippen molar-refractivity contribution >= 4 is 22.3 Å². The van der Waals surface area contributed by atoms with Crippen LogP contribution in [0.2, 0.25) is 0 Å². The highest BCUT2D eigenvalue weighted by Gasteiger charge is 2.42. The smallest absolute Gasteiger partial charge is 0.341 e. The Kier molecular flexibility index (Phi) is 2.89. The van der Waals surface area contributed by atoms with Crippen molar-refractivity contribution in [2.24, 2.45) is 0 Å². The zero-order valence-electron chi connectivity index (χ0n) is 10.6. The molecule has 0 radical (unpaired) electrons. The molecule has 0 atom stereocenters. The van der Waals surface area contributed by atoms with E-state index < -0.39 is 5.79 Å². The standard InChI is InChI=1S/C13H15NO4S/c1-2-16-12(15)10-8-7-13(17-5-6-18-13)4-3-9(8)19-11(10)14/h5-6H,2-4,7,14H2,1H3. The summed E-state index contributed by atoms with van der Waals surface area (Å²) in [5.41, 5.74) is 7.36. The number of aryl methyl sites for hydroxylation is 1. The number of carbonyl (C=O) groups excluding carboxylic acids is 1. The fraction of sp³-hybridized carbons (Fsp3) is 0.462. The van der Waals surface area contributed by atoms with Crippen LogP contribution in [-0.2, 0) is 27.1 Å². The summed E-state index contributed by atoms with van der Waals surface area (Å²) >= 11 is 1.46. The van der Waals surface area contributed by atoms with Crippen LogP contribution >= 0.6 is 11.3 Å². The first-order valence-corrected chi connectivity index (χ1v) is 7.04. The van der Waals surface area contributed by atoms with Crippen LogP contribution in [0.1, 0.15) is 34.1 Å². The summed E-state index contributed by atoms with van der Waals surface area (Å²) in [4.78, 5) is 13.1. The zero-order valence-corrected chi connectivity index (χ0v) is 11.4. The van der Waals surface area contributed by atoms with Gasteiger partial charge in [-0.25, -0.2) is 4.79 Å². The highest BCUT2D eigenvalue weighted by Crippen LogP contribution is 2.43. The van der Waals surface area contributed by atoms with Gasteiger partial charge in [0, 0.05) is 11.3 Å². The number of carbonyl (C=O) groups is 1. The van der Waals surface area contributed by atoms with Gasteiger partial charge in [-0.3, -0.25) is 0 Å². The van der Waals surface area contributed by atoms with Crippen LogP contribution in [0.5, 0.6) is 0 Å². The van der Waals surface area contributed by atoms with E-state index >= 15 is 0 Å². The van der Waals surface area contributed by atoms with E-state index in [0.29, 0.717) is 23.6 Å². The number of hydrogen-bond donors (Lipinski definition) is 1. The van der Waals surface area contributed by atoms with Crippen molar-refractivity contribution in [1.82, 2.24) is 0 Å². The lowest BCUT2D eigenvalue weighted by atomic mass is 9.90. The van der Waals surface area contributed by atoms with Gasteiger partial charge in [-0.1, -0.05) is 0 Å². The van der Waals surface area contributed by atoms with E-state index in [0.717, 1.165) is 23.3 Å². The van der Waals surface area contributed by atoms with Gasteiger partial charge in [-0.2, -0.15) is 0 Å². The van der Waals surface area contributed by atoms with Crippen LogP contribution in [0.15, 0.2) is 12.5 Å². The molecule has 1 aromatic rings. The number of hydrogen-bond acceptors (Lipinski definition) is 6. The Morgan fingerprint density at radius 3 is 2.95 bits per heavy atom. The number of thiophene rings is 1. The van der Waals surface area contributed by atoms with Crippen LogP contribution in [0.3, 0.4) is 0 Å². The summed E-state index contributed by atoms with van der Waals surface area (Å²) in [6, 6.07) is 0. The minimum Gasteiger partial charge on any atom is -0.462 e. The molecule has 0 unspecified atom stereocenters. The van der Waals surface area contributed by atoms with Crippen molar-refractivity contribution in [3.05, 3.63) is 28.5 Å². The molecule has 0 bridgehead atoms. The summed E-state index contributed by atoms with van der Waals surface area (Å²) in [5.74, 6) is -1.03. The second-order valence-electron chi connectivity index (χ2n) is 4.56. The quantitative estimate of drug-likeness (QED) is 0.842. The molecular weight excluding hydrogens is 266 g/mol. The Balaban J connectivity index is 1.96. The molecule has 19 heavy (non-hydrogen) atoms. The third kappa shape index (κ3) is 1.96. The maximum atomic E-state index is 12.0. The SMILES string of the molecule is CCOC(=O)c1c(N)sc2c1CC1(CC2)OC=CO1. The Morgan fingerprint density at radius 1 is 1.53 bits per heavy atom. The predicted molar refractivity (Wildman–Crippen MR) is 70.8 cm³/mol. The summed E-state index contributed by atoms with van der Waals surface area (Å²) in [5, 5.41) is 0.520. The Morgan fingerprint density at radius 2 is 2.26 bits per heavy atom. The van der Waals surface area contributed by atoms with Gasteiger partial charge in [0.25, 0.3) is 5.79 Å². The van der Waals surface area contributed by atoms with Gasteiger partial charge >= 0.3 is 5.97 Å². The lowest BCUT2D eigenvalue weighted by molar-refractivity contribution is -0.148. The Hall–Kier alpha value is -1.69. The summed E-state index contributed by atoms with van der Waals surface area (Å²) < 4.78 is 16.2. The van der Waals surface area contributed by atoms with Gasteiger partial charge in [0.05, 0.1) is 18.6 Å². The van der Waals surface area contributed by atoms with Crippen LogP contribution < -0.4 is 5.73 Å². The van der Waals surface area contributed by atoms with Gasteiger partial charge in [0.15, 0.2) is 0 Å². The average molecular weight is 281 g/mol. The van der Waals surface area contributed by atoms with E-state index in [2.05, 4.69) is 0 Å². The van der Waals surface area contributed by atoms with E-state index in [1.807, 2.05) is 0 Å². The maximum absolute atomic E-state index is 12.0. The molecule has 0 fully saturated rings. The van der Waals surface area contributed by atoms with Crippen LogP contribution in [0.4, 0.5) is 5.00 Å². The third-order valence-electron chi connectivity index (χ3n) is 3.40. The van der Waals surface area contributed by atoms with E-state index in [4.69, 9.17) is 19.9 Å². The zero-order chi connectivity index (χ0) is 13.5. The van der Waals surface area contributed by atoms with Crippen molar-refractivity contribution in [3.63, 3.8) is 0 Å². The van der Waals surface area contributed by atoms with Crippen LogP contribution in [0, 0.1) is 0 Å². The number of nitrogens with two attached hydrogens (primary N) is 1. The molecular formula is C13H15NO4S. The van der Waals surface area contributed by atoms with Crippen molar-refractivity contribution in [3.8, 4) is 0 Å². The highest BCUT2D eigenvalue weighted by atomic mass is 32.1. The third-order valence-corrected chi connectivity index (χ3v) is 4.52. The highest BCUT2D eigenvalue weighted by molar-refractivity contribution is 7.16. The molecule has 5 nitrogen and oxygen atoms in total. The predicted octanol–water partition coefficient (Wildman–Crippen LogP) is 2.21. The van der Waals surface area contributed by atoms with E-state index in [1.54, 1.807) is 19.4 Å². The van der Waals surface area contributed by atoms with Crippen molar-refractivity contribution in [1.29, 1.82) is 0 Å². The Bertz CT molecular complexity index is 541. The second-order valence-corrected chi connectivity index (χ2v) is 5.70. The maximum Gasteiger partial charge on any atom is 0.341 e. The van der Waals surface area contributed by atoms with E-state index in [9.17, 15) is 4.79 Å². The first kappa shape index (κ1) is 12.3. The first-order chi connectivity index (χ1) is 9.15. The molecule has 0 saturated carbocycles. The van der Waals surface area contributed by atoms with Gasteiger partial charge in [0.2, 0.25) is 0 Å². The molecule has 1 aliphatic carbocycles.